The van der Waals surface area contributed by atoms with Crippen molar-refractivity contribution in [3.63, 3.8) is 0 Å². The van der Waals surface area contributed by atoms with Gasteiger partial charge in [-0.15, -0.1) is 0 Å². The Morgan fingerprint density at radius 1 is 1.16 bits per heavy atom. The number of hydrogen-bond acceptors (Lipinski definition) is 3. The van der Waals surface area contributed by atoms with Crippen molar-refractivity contribution in [3.8, 4) is 5.75 Å². The minimum Gasteiger partial charge on any atom is -0.488 e. The van der Waals surface area contributed by atoms with Crippen molar-refractivity contribution in [2.45, 2.75) is 58.8 Å². The average molecular weight is 265 g/mol. The van der Waals surface area contributed by atoms with E-state index >= 15 is 0 Å². The zero-order valence-electron chi connectivity index (χ0n) is 12.5. The normalized spacial score (nSPS) is 15.8. The van der Waals surface area contributed by atoms with Gasteiger partial charge in [0.05, 0.1) is 6.10 Å². The van der Waals surface area contributed by atoms with Gasteiger partial charge in [-0.25, -0.2) is 0 Å². The molecule has 0 amide bonds. The van der Waals surface area contributed by atoms with Gasteiger partial charge in [0.1, 0.15) is 11.9 Å². The van der Waals surface area contributed by atoms with Crippen molar-refractivity contribution in [3.05, 3.63) is 29.8 Å². The second-order valence-corrected chi connectivity index (χ2v) is 5.05. The third-order valence-electron chi connectivity index (χ3n) is 3.33. The zero-order valence-corrected chi connectivity index (χ0v) is 12.5. The lowest BCUT2D eigenvalue weighted by molar-refractivity contribution is 0.0604. The van der Waals surface area contributed by atoms with Gasteiger partial charge in [-0.05, 0) is 50.9 Å². The second-order valence-electron chi connectivity index (χ2n) is 5.05. The van der Waals surface area contributed by atoms with Crippen molar-refractivity contribution in [1.82, 2.24) is 5.32 Å². The molecule has 0 saturated heterocycles. The Morgan fingerprint density at radius 2 is 1.79 bits per heavy atom. The van der Waals surface area contributed by atoms with E-state index in [9.17, 15) is 5.11 Å². The van der Waals surface area contributed by atoms with Crippen LogP contribution in [0.1, 0.15) is 52.1 Å². The van der Waals surface area contributed by atoms with E-state index in [2.05, 4.69) is 31.3 Å². The molecule has 0 saturated carbocycles. The van der Waals surface area contributed by atoms with Gasteiger partial charge in [0.2, 0.25) is 0 Å². The van der Waals surface area contributed by atoms with Gasteiger partial charge in [0.25, 0.3) is 0 Å². The molecule has 1 rings (SSSR count). The predicted molar refractivity (Wildman–Crippen MR) is 79.5 cm³/mol. The molecular weight excluding hydrogens is 238 g/mol. The first kappa shape index (κ1) is 16.0. The number of benzene rings is 1. The molecule has 19 heavy (non-hydrogen) atoms. The summed E-state index contributed by atoms with van der Waals surface area (Å²) in [5.74, 6) is 0.808. The van der Waals surface area contributed by atoms with Crippen LogP contribution in [0, 0.1) is 0 Å². The van der Waals surface area contributed by atoms with Gasteiger partial charge in [-0.2, -0.15) is 0 Å². The van der Waals surface area contributed by atoms with Crippen LogP contribution in [0.15, 0.2) is 24.3 Å². The molecule has 0 spiro atoms. The number of ether oxygens (including phenoxy) is 1. The minimum atomic E-state index is -0.464. The van der Waals surface area contributed by atoms with Crippen LogP contribution in [0.2, 0.25) is 0 Å². The van der Waals surface area contributed by atoms with Gasteiger partial charge in [-0.1, -0.05) is 26.0 Å². The quantitative estimate of drug-likeness (QED) is 0.758. The molecule has 3 heteroatoms. The molecule has 0 fully saturated rings. The monoisotopic (exact) mass is 265 g/mol. The van der Waals surface area contributed by atoms with E-state index in [-0.39, 0.29) is 6.10 Å². The lowest BCUT2D eigenvalue weighted by Gasteiger charge is -2.19. The van der Waals surface area contributed by atoms with Crippen LogP contribution in [0.4, 0.5) is 0 Å². The molecule has 0 heterocycles. The average Bonchev–Trinajstić information content (AvgIpc) is 2.41. The largest absolute Gasteiger partial charge is 0.488 e. The highest BCUT2D eigenvalue weighted by Crippen LogP contribution is 2.21. The summed E-state index contributed by atoms with van der Waals surface area (Å²) in [5.41, 5.74) is 1.29. The summed E-state index contributed by atoms with van der Waals surface area (Å²) in [6.07, 6.45) is 1.56. The van der Waals surface area contributed by atoms with E-state index in [0.29, 0.717) is 6.04 Å². The lowest BCUT2D eigenvalue weighted by atomic mass is 10.0. The third-order valence-corrected chi connectivity index (χ3v) is 3.33. The summed E-state index contributed by atoms with van der Waals surface area (Å²) in [6, 6.07) is 8.56. The van der Waals surface area contributed by atoms with Crippen molar-refractivity contribution >= 4 is 0 Å². The molecule has 0 aromatic heterocycles. The molecule has 1 aromatic carbocycles. The highest BCUT2D eigenvalue weighted by molar-refractivity contribution is 5.29. The van der Waals surface area contributed by atoms with Gasteiger partial charge >= 0.3 is 0 Å². The summed E-state index contributed by atoms with van der Waals surface area (Å²) in [6.45, 7) is 9.01. The summed E-state index contributed by atoms with van der Waals surface area (Å²) in [5, 5.41) is 13.0. The molecule has 0 aliphatic carbocycles. The highest BCUT2D eigenvalue weighted by atomic mass is 16.5. The Balaban J connectivity index is 2.64. The highest BCUT2D eigenvalue weighted by Gasteiger charge is 2.11. The Bertz CT molecular complexity index is 348. The summed E-state index contributed by atoms with van der Waals surface area (Å²) >= 11 is 0. The van der Waals surface area contributed by atoms with Crippen molar-refractivity contribution in [2.24, 2.45) is 0 Å². The molecule has 0 aliphatic rings. The van der Waals surface area contributed by atoms with Crippen molar-refractivity contribution in [2.75, 3.05) is 6.54 Å². The molecule has 2 N–H and O–H groups in total. The molecular formula is C16H27NO2. The van der Waals surface area contributed by atoms with Crippen molar-refractivity contribution < 1.29 is 9.84 Å². The van der Waals surface area contributed by atoms with E-state index in [1.807, 2.05) is 19.1 Å². The fourth-order valence-corrected chi connectivity index (χ4v) is 1.91. The topological polar surface area (TPSA) is 41.5 Å². The molecule has 108 valence electrons. The first-order valence-corrected chi connectivity index (χ1v) is 7.26. The van der Waals surface area contributed by atoms with Crippen LogP contribution in [-0.2, 0) is 0 Å². The maximum absolute atomic E-state index is 9.43. The van der Waals surface area contributed by atoms with E-state index in [4.69, 9.17) is 4.74 Å². The van der Waals surface area contributed by atoms with E-state index in [1.165, 1.54) is 5.56 Å². The number of hydrogen-bond donors (Lipinski definition) is 2. The van der Waals surface area contributed by atoms with E-state index in [0.717, 1.165) is 25.1 Å². The van der Waals surface area contributed by atoms with Gasteiger partial charge in [0.15, 0.2) is 0 Å². The molecule has 0 radical (unpaired) electrons. The number of rotatable bonds is 8. The third kappa shape index (κ3) is 5.21. The summed E-state index contributed by atoms with van der Waals surface area (Å²) in [4.78, 5) is 0. The first-order chi connectivity index (χ1) is 9.08. The summed E-state index contributed by atoms with van der Waals surface area (Å²) < 4.78 is 5.65. The number of aliphatic hydroxyl groups is 1. The minimum absolute atomic E-state index is 0.189. The molecule has 0 bridgehead atoms. The predicted octanol–water partition coefficient (Wildman–Crippen LogP) is 3.29. The van der Waals surface area contributed by atoms with Gasteiger partial charge in [0, 0.05) is 6.04 Å². The van der Waals surface area contributed by atoms with Crippen LogP contribution in [0.5, 0.6) is 5.75 Å². The van der Waals surface area contributed by atoms with Gasteiger partial charge in [-0.3, -0.25) is 0 Å². The molecule has 3 unspecified atom stereocenters. The maximum Gasteiger partial charge on any atom is 0.121 e. The molecule has 3 atom stereocenters. The van der Waals surface area contributed by atoms with E-state index < -0.39 is 6.10 Å². The molecule has 3 nitrogen and oxygen atoms in total. The Kier molecular flexibility index (Phi) is 6.89. The molecule has 1 aromatic rings. The van der Waals surface area contributed by atoms with Crippen LogP contribution in [0.3, 0.4) is 0 Å². The van der Waals surface area contributed by atoms with E-state index in [1.54, 1.807) is 6.92 Å². The van der Waals surface area contributed by atoms with Crippen LogP contribution in [0.25, 0.3) is 0 Å². The Labute approximate surface area is 117 Å². The smallest absolute Gasteiger partial charge is 0.121 e. The summed E-state index contributed by atoms with van der Waals surface area (Å²) in [7, 11) is 0. The first-order valence-electron chi connectivity index (χ1n) is 7.26. The SMILES string of the molecule is CCCNC(CC)c1ccc(OC(C)C(C)O)cc1. The second kappa shape index (κ2) is 8.18. The Morgan fingerprint density at radius 3 is 2.26 bits per heavy atom. The molecule has 0 aliphatic heterocycles. The number of nitrogens with one attached hydrogen (secondary N) is 1. The standard InChI is InChI=1S/C16H27NO2/c1-5-11-17-16(6-2)14-7-9-15(10-8-14)19-13(4)12(3)18/h7-10,12-13,16-18H,5-6,11H2,1-4H3. The lowest BCUT2D eigenvalue weighted by Crippen LogP contribution is -2.25. The Hall–Kier alpha value is -1.06. The van der Waals surface area contributed by atoms with Crippen LogP contribution in [-0.4, -0.2) is 23.9 Å². The van der Waals surface area contributed by atoms with Crippen molar-refractivity contribution in [1.29, 1.82) is 0 Å². The van der Waals surface area contributed by atoms with Crippen LogP contribution < -0.4 is 10.1 Å². The fourth-order valence-electron chi connectivity index (χ4n) is 1.91. The van der Waals surface area contributed by atoms with Crippen LogP contribution >= 0.6 is 0 Å². The zero-order chi connectivity index (χ0) is 14.3. The fraction of sp³-hybridized carbons (Fsp3) is 0.625. The van der Waals surface area contributed by atoms with Gasteiger partial charge < -0.3 is 15.2 Å². The number of aliphatic hydroxyl groups excluding tert-OH is 1. The maximum atomic E-state index is 9.43.